The van der Waals surface area contributed by atoms with Crippen LogP contribution in [0.15, 0.2) is 40.9 Å². The summed E-state index contributed by atoms with van der Waals surface area (Å²) in [6.07, 6.45) is 0. The van der Waals surface area contributed by atoms with Crippen LogP contribution in [0.3, 0.4) is 0 Å². The van der Waals surface area contributed by atoms with E-state index in [-0.39, 0.29) is 0 Å². The zero-order chi connectivity index (χ0) is 13.4. The number of nitrogens with one attached hydrogen (secondary N) is 2. The zero-order valence-corrected chi connectivity index (χ0v) is 12.6. The Morgan fingerprint density at radius 1 is 1.16 bits per heavy atom. The van der Waals surface area contributed by atoms with Crippen molar-refractivity contribution >= 4 is 61.8 Å². The number of aromatic amines is 1. The normalized spacial score (nSPS) is 10.9. The summed E-state index contributed by atoms with van der Waals surface area (Å²) in [6.45, 7) is 0. The summed E-state index contributed by atoms with van der Waals surface area (Å²) in [7, 11) is 0. The van der Waals surface area contributed by atoms with Crippen LogP contribution in [0, 0.1) is 0 Å². The van der Waals surface area contributed by atoms with Crippen LogP contribution in [-0.2, 0) is 0 Å². The van der Waals surface area contributed by atoms with Gasteiger partial charge in [0.25, 0.3) is 0 Å². The van der Waals surface area contributed by atoms with Crippen molar-refractivity contribution in [2.45, 2.75) is 0 Å². The Morgan fingerprint density at radius 3 is 2.84 bits per heavy atom. The number of rotatable bonds is 2. The highest BCUT2D eigenvalue weighted by Crippen LogP contribution is 2.31. The molecule has 0 saturated heterocycles. The largest absolute Gasteiger partial charge is 0.324 e. The smallest absolute Gasteiger partial charge is 0.205 e. The van der Waals surface area contributed by atoms with Crippen LogP contribution < -0.4 is 5.32 Å². The molecule has 0 fully saturated rings. The molecule has 2 aromatic carbocycles. The quantitative estimate of drug-likeness (QED) is 0.647. The maximum Gasteiger partial charge on any atom is 0.205 e. The lowest BCUT2D eigenvalue weighted by Gasteiger charge is -2.05. The van der Waals surface area contributed by atoms with Gasteiger partial charge in [-0.05, 0) is 30.3 Å². The van der Waals surface area contributed by atoms with Gasteiger partial charge in [-0.2, -0.15) is 0 Å². The number of nitrogens with zero attached hydrogens (tertiary/aromatic N) is 1. The second kappa shape index (κ2) is 5.04. The summed E-state index contributed by atoms with van der Waals surface area (Å²) >= 11 is 15.5. The van der Waals surface area contributed by atoms with Crippen molar-refractivity contribution in [3.63, 3.8) is 0 Å². The van der Waals surface area contributed by atoms with E-state index < -0.39 is 0 Å². The molecule has 6 heteroatoms. The first kappa shape index (κ1) is 12.8. The number of anilines is 2. The van der Waals surface area contributed by atoms with E-state index in [4.69, 9.17) is 23.2 Å². The van der Waals surface area contributed by atoms with Crippen molar-refractivity contribution in [1.29, 1.82) is 0 Å². The van der Waals surface area contributed by atoms with Crippen molar-refractivity contribution in [2.75, 3.05) is 5.32 Å². The molecule has 0 atom stereocenters. The molecule has 0 unspecified atom stereocenters. The molecule has 0 saturated carbocycles. The number of fused-ring (bicyclic) bond motifs is 1. The van der Waals surface area contributed by atoms with Gasteiger partial charge in [-0.25, -0.2) is 4.98 Å². The standard InChI is InChI=1S/C13H8BrCl2N3/c14-7-4-5-9-11(6-7)19-13(17-9)18-10-3-1-2-8(15)12(10)16/h1-6H,(H2,17,18,19). The average molecular weight is 357 g/mol. The third-order valence-electron chi connectivity index (χ3n) is 2.65. The highest BCUT2D eigenvalue weighted by Gasteiger charge is 2.07. The molecule has 3 nitrogen and oxygen atoms in total. The molecule has 3 rings (SSSR count). The van der Waals surface area contributed by atoms with E-state index in [0.29, 0.717) is 21.7 Å². The van der Waals surface area contributed by atoms with E-state index in [1.165, 1.54) is 0 Å². The van der Waals surface area contributed by atoms with E-state index in [9.17, 15) is 0 Å². The molecule has 0 aliphatic rings. The van der Waals surface area contributed by atoms with Crippen molar-refractivity contribution < 1.29 is 0 Å². The fraction of sp³-hybridized carbons (Fsp3) is 0. The van der Waals surface area contributed by atoms with Crippen LogP contribution in [0.5, 0.6) is 0 Å². The molecule has 1 heterocycles. The van der Waals surface area contributed by atoms with Gasteiger partial charge in [-0.15, -0.1) is 0 Å². The van der Waals surface area contributed by atoms with Gasteiger partial charge in [0.05, 0.1) is 26.8 Å². The predicted molar refractivity (Wildman–Crippen MR) is 83.5 cm³/mol. The molecule has 0 bridgehead atoms. The van der Waals surface area contributed by atoms with Gasteiger partial charge >= 0.3 is 0 Å². The molecule has 19 heavy (non-hydrogen) atoms. The van der Waals surface area contributed by atoms with Crippen LogP contribution in [-0.4, -0.2) is 9.97 Å². The molecule has 0 aliphatic carbocycles. The summed E-state index contributed by atoms with van der Waals surface area (Å²) in [6, 6.07) is 11.3. The van der Waals surface area contributed by atoms with Crippen LogP contribution in [0.4, 0.5) is 11.6 Å². The Labute approximate surface area is 128 Å². The van der Waals surface area contributed by atoms with E-state index in [1.807, 2.05) is 30.3 Å². The Balaban J connectivity index is 1.99. The Hall–Kier alpha value is -1.23. The molecular weight excluding hydrogens is 349 g/mol. The van der Waals surface area contributed by atoms with E-state index in [2.05, 4.69) is 31.2 Å². The van der Waals surface area contributed by atoms with Crippen LogP contribution >= 0.6 is 39.1 Å². The first-order valence-electron chi connectivity index (χ1n) is 5.50. The summed E-state index contributed by atoms with van der Waals surface area (Å²) in [5, 5.41) is 4.11. The summed E-state index contributed by atoms with van der Waals surface area (Å²) in [5.41, 5.74) is 2.53. The Bertz CT molecular complexity index is 755. The van der Waals surface area contributed by atoms with E-state index in [0.717, 1.165) is 15.5 Å². The lowest BCUT2D eigenvalue weighted by Crippen LogP contribution is -1.93. The highest BCUT2D eigenvalue weighted by atomic mass is 79.9. The number of H-pyrrole nitrogens is 1. The topological polar surface area (TPSA) is 40.7 Å². The minimum Gasteiger partial charge on any atom is -0.324 e. The predicted octanol–water partition coefficient (Wildman–Crippen LogP) is 5.38. The summed E-state index contributed by atoms with van der Waals surface area (Å²) < 4.78 is 0.996. The van der Waals surface area contributed by atoms with Crippen LogP contribution in [0.2, 0.25) is 10.0 Å². The molecule has 0 aliphatic heterocycles. The third-order valence-corrected chi connectivity index (χ3v) is 3.96. The molecule has 0 amide bonds. The lowest BCUT2D eigenvalue weighted by atomic mass is 10.3. The summed E-state index contributed by atoms with van der Waals surface area (Å²) in [5.74, 6) is 0.622. The number of imidazole rings is 1. The van der Waals surface area contributed by atoms with Gasteiger partial charge in [0, 0.05) is 4.47 Å². The lowest BCUT2D eigenvalue weighted by molar-refractivity contribution is 1.31. The highest BCUT2D eigenvalue weighted by molar-refractivity contribution is 9.10. The fourth-order valence-corrected chi connectivity index (χ4v) is 2.48. The first-order valence-corrected chi connectivity index (χ1v) is 7.05. The van der Waals surface area contributed by atoms with Crippen LogP contribution in [0.25, 0.3) is 11.0 Å². The third kappa shape index (κ3) is 2.56. The van der Waals surface area contributed by atoms with Gasteiger partial charge in [-0.1, -0.05) is 45.2 Å². The minimum atomic E-state index is 0.478. The number of hydrogen-bond acceptors (Lipinski definition) is 2. The minimum absolute atomic E-state index is 0.478. The average Bonchev–Trinajstić information content (AvgIpc) is 2.76. The fourth-order valence-electron chi connectivity index (χ4n) is 1.77. The number of aromatic nitrogens is 2. The van der Waals surface area contributed by atoms with Crippen molar-refractivity contribution in [3.05, 3.63) is 50.9 Å². The van der Waals surface area contributed by atoms with Crippen molar-refractivity contribution in [1.82, 2.24) is 9.97 Å². The maximum absolute atomic E-state index is 6.12. The monoisotopic (exact) mass is 355 g/mol. The molecule has 0 radical (unpaired) electrons. The summed E-state index contributed by atoms with van der Waals surface area (Å²) in [4.78, 5) is 7.61. The number of hydrogen-bond donors (Lipinski definition) is 2. The van der Waals surface area contributed by atoms with Crippen molar-refractivity contribution in [3.8, 4) is 0 Å². The Morgan fingerprint density at radius 2 is 2.00 bits per heavy atom. The molecule has 1 aromatic heterocycles. The van der Waals surface area contributed by atoms with Gasteiger partial charge in [-0.3, -0.25) is 0 Å². The van der Waals surface area contributed by atoms with Crippen molar-refractivity contribution in [2.24, 2.45) is 0 Å². The zero-order valence-electron chi connectivity index (χ0n) is 9.55. The first-order chi connectivity index (χ1) is 9.13. The molecule has 2 N–H and O–H groups in total. The second-order valence-corrected chi connectivity index (χ2v) is 5.67. The number of benzene rings is 2. The van der Waals surface area contributed by atoms with E-state index >= 15 is 0 Å². The molecular formula is C13H8BrCl2N3. The SMILES string of the molecule is Clc1cccc(Nc2nc3ccc(Br)cc3[nH]2)c1Cl. The number of halogens is 3. The molecule has 0 spiro atoms. The molecule has 96 valence electrons. The maximum atomic E-state index is 6.12. The van der Waals surface area contributed by atoms with Gasteiger partial charge in [0.2, 0.25) is 5.95 Å². The second-order valence-electron chi connectivity index (χ2n) is 3.97. The molecule has 3 aromatic rings. The van der Waals surface area contributed by atoms with E-state index in [1.54, 1.807) is 6.07 Å². The van der Waals surface area contributed by atoms with Gasteiger partial charge in [0.1, 0.15) is 0 Å². The van der Waals surface area contributed by atoms with Gasteiger partial charge < -0.3 is 10.3 Å². The van der Waals surface area contributed by atoms with Gasteiger partial charge in [0.15, 0.2) is 0 Å². The Kier molecular flexibility index (Phi) is 3.39. The van der Waals surface area contributed by atoms with Crippen LogP contribution in [0.1, 0.15) is 0 Å².